The normalized spacial score (nSPS) is 14.0. The smallest absolute Gasteiger partial charge is 0.319 e. The fourth-order valence-corrected chi connectivity index (χ4v) is 3.14. The molecule has 5 heteroatoms. The van der Waals surface area contributed by atoms with Crippen LogP contribution in [-0.2, 0) is 6.54 Å². The Labute approximate surface area is 155 Å². The molecule has 0 aliphatic carbocycles. The zero-order valence-electron chi connectivity index (χ0n) is 15.3. The first-order valence-corrected chi connectivity index (χ1v) is 9.36. The second-order valence-corrected chi connectivity index (χ2v) is 6.48. The molecule has 0 spiro atoms. The van der Waals surface area contributed by atoms with Gasteiger partial charge in [-0.2, -0.15) is 0 Å². The van der Waals surface area contributed by atoms with Crippen molar-refractivity contribution in [2.75, 3.05) is 29.9 Å². The van der Waals surface area contributed by atoms with Crippen molar-refractivity contribution >= 4 is 17.4 Å². The number of nitrogens with one attached hydrogen (secondary N) is 2. The number of rotatable bonds is 6. The highest BCUT2D eigenvalue weighted by molar-refractivity contribution is 5.89. The summed E-state index contributed by atoms with van der Waals surface area (Å²) in [7, 11) is 0. The molecule has 0 atom stereocenters. The first-order valence-electron chi connectivity index (χ1n) is 9.36. The first-order chi connectivity index (χ1) is 12.7. The highest BCUT2D eigenvalue weighted by atomic mass is 16.5. The fraction of sp³-hybridized carbons (Fsp3) is 0.381. The van der Waals surface area contributed by atoms with Crippen LogP contribution in [-0.4, -0.2) is 25.7 Å². The minimum absolute atomic E-state index is 0.204. The zero-order chi connectivity index (χ0) is 18.2. The molecule has 0 bridgehead atoms. The largest absolute Gasteiger partial charge is 0.494 e. The molecule has 2 N–H and O–H groups in total. The molecule has 2 aromatic rings. The van der Waals surface area contributed by atoms with Crippen LogP contribution < -0.4 is 20.3 Å². The van der Waals surface area contributed by atoms with E-state index < -0.39 is 0 Å². The maximum absolute atomic E-state index is 12.1. The van der Waals surface area contributed by atoms with Crippen molar-refractivity contribution in [1.82, 2.24) is 5.32 Å². The number of nitrogens with zero attached hydrogens (tertiary/aromatic N) is 1. The summed E-state index contributed by atoms with van der Waals surface area (Å²) in [5.41, 5.74) is 3.06. The lowest BCUT2D eigenvalue weighted by atomic mass is 10.1. The van der Waals surface area contributed by atoms with Crippen LogP contribution in [0.5, 0.6) is 5.75 Å². The van der Waals surface area contributed by atoms with E-state index in [0.29, 0.717) is 13.2 Å². The quantitative estimate of drug-likeness (QED) is 0.809. The Morgan fingerprint density at radius 3 is 2.35 bits per heavy atom. The van der Waals surface area contributed by atoms with Gasteiger partial charge in [0.15, 0.2) is 0 Å². The molecule has 0 radical (unpaired) electrons. The molecule has 5 nitrogen and oxygen atoms in total. The number of piperidine rings is 1. The summed E-state index contributed by atoms with van der Waals surface area (Å²) in [5, 5.41) is 5.76. The van der Waals surface area contributed by atoms with Gasteiger partial charge in [0.05, 0.1) is 6.61 Å². The summed E-state index contributed by atoms with van der Waals surface area (Å²) in [4.78, 5) is 14.5. The first kappa shape index (κ1) is 18.1. The SMILES string of the molecule is CCOc1ccc(CNC(=O)Nc2ccc(N3CCCCC3)cc2)cc1. The Morgan fingerprint density at radius 1 is 1.00 bits per heavy atom. The van der Waals surface area contributed by atoms with Gasteiger partial charge >= 0.3 is 6.03 Å². The Morgan fingerprint density at radius 2 is 1.69 bits per heavy atom. The van der Waals surface area contributed by atoms with Crippen LogP contribution in [0, 0.1) is 0 Å². The van der Waals surface area contributed by atoms with Crippen molar-refractivity contribution in [3.8, 4) is 5.75 Å². The number of carbonyl (C=O) groups is 1. The number of amides is 2. The second kappa shape index (κ2) is 9.13. The van der Waals surface area contributed by atoms with Gasteiger partial charge in [0.25, 0.3) is 0 Å². The summed E-state index contributed by atoms with van der Waals surface area (Å²) < 4.78 is 5.42. The summed E-state index contributed by atoms with van der Waals surface area (Å²) in [6.07, 6.45) is 3.84. The van der Waals surface area contributed by atoms with E-state index in [-0.39, 0.29) is 6.03 Å². The van der Waals surface area contributed by atoms with Gasteiger partial charge in [-0.15, -0.1) is 0 Å². The third kappa shape index (κ3) is 5.15. The third-order valence-electron chi connectivity index (χ3n) is 4.53. The molecule has 1 fully saturated rings. The van der Waals surface area contributed by atoms with Gasteiger partial charge in [-0.1, -0.05) is 12.1 Å². The van der Waals surface area contributed by atoms with Gasteiger partial charge in [0.1, 0.15) is 5.75 Å². The van der Waals surface area contributed by atoms with Gasteiger partial charge < -0.3 is 20.3 Å². The molecule has 0 saturated carbocycles. The summed E-state index contributed by atoms with van der Waals surface area (Å²) >= 11 is 0. The van der Waals surface area contributed by atoms with Crippen LogP contribution in [0.1, 0.15) is 31.7 Å². The third-order valence-corrected chi connectivity index (χ3v) is 4.53. The van der Waals surface area contributed by atoms with Crippen LogP contribution in [0.2, 0.25) is 0 Å². The number of ether oxygens (including phenoxy) is 1. The van der Waals surface area contributed by atoms with Crippen molar-refractivity contribution < 1.29 is 9.53 Å². The molecule has 3 rings (SSSR count). The Kier molecular flexibility index (Phi) is 6.36. The van der Waals surface area contributed by atoms with Crippen molar-refractivity contribution in [2.24, 2.45) is 0 Å². The zero-order valence-corrected chi connectivity index (χ0v) is 15.3. The predicted octanol–water partition coefficient (Wildman–Crippen LogP) is 4.40. The molecule has 0 aromatic heterocycles. The molecule has 1 heterocycles. The average Bonchev–Trinajstić information content (AvgIpc) is 2.69. The highest BCUT2D eigenvalue weighted by Gasteiger charge is 2.10. The summed E-state index contributed by atoms with van der Waals surface area (Å²) in [6.45, 7) is 5.32. The Hall–Kier alpha value is -2.69. The Bertz CT molecular complexity index is 692. The molecule has 26 heavy (non-hydrogen) atoms. The lowest BCUT2D eigenvalue weighted by molar-refractivity contribution is 0.251. The van der Waals surface area contributed by atoms with Crippen LogP contribution >= 0.6 is 0 Å². The molecular formula is C21H27N3O2. The van der Waals surface area contributed by atoms with Gasteiger partial charge in [-0.25, -0.2) is 4.79 Å². The Balaban J connectivity index is 1.46. The average molecular weight is 353 g/mol. The number of hydrogen-bond donors (Lipinski definition) is 2. The van der Waals surface area contributed by atoms with E-state index in [9.17, 15) is 4.79 Å². The number of anilines is 2. The van der Waals surface area contributed by atoms with Gasteiger partial charge in [-0.3, -0.25) is 0 Å². The second-order valence-electron chi connectivity index (χ2n) is 6.48. The molecular weight excluding hydrogens is 326 g/mol. The molecule has 2 amide bonds. The summed E-state index contributed by atoms with van der Waals surface area (Å²) in [5.74, 6) is 0.842. The van der Waals surface area contributed by atoms with Crippen molar-refractivity contribution in [1.29, 1.82) is 0 Å². The van der Waals surface area contributed by atoms with Crippen LogP contribution in [0.4, 0.5) is 16.2 Å². The number of hydrogen-bond acceptors (Lipinski definition) is 3. The minimum atomic E-state index is -0.204. The molecule has 138 valence electrons. The van der Waals surface area contributed by atoms with E-state index in [1.54, 1.807) is 0 Å². The van der Waals surface area contributed by atoms with E-state index in [2.05, 4.69) is 27.7 Å². The van der Waals surface area contributed by atoms with Gasteiger partial charge in [-0.05, 0) is 68.1 Å². The number of carbonyl (C=O) groups excluding carboxylic acids is 1. The lowest BCUT2D eigenvalue weighted by Gasteiger charge is -2.28. The topological polar surface area (TPSA) is 53.6 Å². The van der Waals surface area contributed by atoms with Crippen LogP contribution in [0.25, 0.3) is 0 Å². The van der Waals surface area contributed by atoms with Crippen molar-refractivity contribution in [3.63, 3.8) is 0 Å². The van der Waals surface area contributed by atoms with E-state index in [1.165, 1.54) is 24.9 Å². The molecule has 1 aliphatic rings. The minimum Gasteiger partial charge on any atom is -0.494 e. The van der Waals surface area contributed by atoms with E-state index in [0.717, 1.165) is 30.1 Å². The summed E-state index contributed by atoms with van der Waals surface area (Å²) in [6, 6.07) is 15.6. The van der Waals surface area contributed by atoms with Gasteiger partial charge in [0, 0.05) is 31.0 Å². The maximum Gasteiger partial charge on any atom is 0.319 e. The lowest BCUT2D eigenvalue weighted by Crippen LogP contribution is -2.29. The van der Waals surface area contributed by atoms with Crippen molar-refractivity contribution in [2.45, 2.75) is 32.7 Å². The number of benzene rings is 2. The van der Waals surface area contributed by atoms with E-state index >= 15 is 0 Å². The van der Waals surface area contributed by atoms with Gasteiger partial charge in [0.2, 0.25) is 0 Å². The maximum atomic E-state index is 12.1. The fourth-order valence-electron chi connectivity index (χ4n) is 3.14. The van der Waals surface area contributed by atoms with Crippen LogP contribution in [0.15, 0.2) is 48.5 Å². The molecule has 1 aliphatic heterocycles. The molecule has 2 aromatic carbocycles. The predicted molar refractivity (Wildman–Crippen MR) is 106 cm³/mol. The number of urea groups is 1. The highest BCUT2D eigenvalue weighted by Crippen LogP contribution is 2.21. The molecule has 1 saturated heterocycles. The monoisotopic (exact) mass is 353 g/mol. The van der Waals surface area contributed by atoms with E-state index in [4.69, 9.17) is 4.74 Å². The molecule has 0 unspecified atom stereocenters. The van der Waals surface area contributed by atoms with Crippen molar-refractivity contribution in [3.05, 3.63) is 54.1 Å². The standard InChI is InChI=1S/C21H27N3O2/c1-2-26-20-12-6-17(7-13-20)16-22-21(25)23-18-8-10-19(11-9-18)24-14-4-3-5-15-24/h6-13H,2-5,14-16H2,1H3,(H2,22,23,25). The van der Waals surface area contributed by atoms with Crippen LogP contribution in [0.3, 0.4) is 0 Å². The van der Waals surface area contributed by atoms with E-state index in [1.807, 2.05) is 43.3 Å².